The first kappa shape index (κ1) is 12.4. The number of nitrogens with zero attached hydrogens (tertiary/aromatic N) is 2. The topological polar surface area (TPSA) is 92.5 Å². The molecule has 0 bridgehead atoms. The van der Waals surface area contributed by atoms with E-state index in [2.05, 4.69) is 5.32 Å². The fraction of sp³-hybridized carbons (Fsp3) is 0.857. The van der Waals surface area contributed by atoms with Crippen LogP contribution in [0.2, 0.25) is 0 Å². The molecule has 3 N–H and O–H groups in total. The monoisotopic (exact) mass is 237 g/mol. The van der Waals surface area contributed by atoms with Crippen LogP contribution in [0.1, 0.15) is 0 Å². The maximum Gasteiger partial charge on any atom is 0.430 e. The normalized spacial score (nSPS) is 21.5. The van der Waals surface area contributed by atoms with E-state index < -0.39 is 20.1 Å². The second-order valence-electron chi connectivity index (χ2n) is 3.68. The maximum absolute atomic E-state index is 12.0. The Hall–Kier alpha value is -0.700. The van der Waals surface area contributed by atoms with E-state index in [9.17, 15) is 13.2 Å². The first-order valence-corrected chi connectivity index (χ1v) is 6.05. The molecule has 1 fully saturated rings. The summed E-state index contributed by atoms with van der Waals surface area (Å²) < 4.78 is 24.4. The number of nitrogens with one attached hydrogen (secondary N) is 1. The Morgan fingerprint density at radius 2 is 1.80 bits per heavy atom. The lowest BCUT2D eigenvalue weighted by atomic mass is 10.4. The van der Waals surface area contributed by atoms with Gasteiger partial charge in [-0.25, -0.2) is 4.79 Å². The summed E-state index contributed by atoms with van der Waals surface area (Å²) in [4.78, 5) is 11.4. The van der Waals surface area contributed by atoms with E-state index >= 15 is 0 Å². The summed E-state index contributed by atoms with van der Waals surface area (Å²) in [6.07, 6.45) is 0. The van der Waals surface area contributed by atoms with Crippen LogP contribution in [-0.2, 0) is 10.2 Å². The summed E-state index contributed by atoms with van der Waals surface area (Å²) in [7, 11) is -0.898. The Morgan fingerprint density at radius 3 is 2.13 bits per heavy atom. The van der Waals surface area contributed by atoms with Crippen LogP contribution in [0, 0.1) is 0 Å². The van der Waals surface area contributed by atoms with Crippen LogP contribution in [0.15, 0.2) is 0 Å². The van der Waals surface area contributed by atoms with Gasteiger partial charge in [0.2, 0.25) is 0 Å². The van der Waals surface area contributed by atoms with Gasteiger partial charge in [-0.2, -0.15) is 12.7 Å². The summed E-state index contributed by atoms with van der Waals surface area (Å²) in [5, 5.41) is 3.00. The Morgan fingerprint density at radius 1 is 1.33 bits per heavy atom. The Kier molecular flexibility index (Phi) is 3.34. The minimum atomic E-state index is -3.70. The van der Waals surface area contributed by atoms with E-state index in [4.69, 9.17) is 5.73 Å². The molecule has 0 aromatic heterocycles. The fourth-order valence-electron chi connectivity index (χ4n) is 1.63. The predicted octanol–water partition coefficient (Wildman–Crippen LogP) is -1.71. The van der Waals surface area contributed by atoms with Gasteiger partial charge in [-0.1, -0.05) is 0 Å². The molecule has 0 radical (unpaired) electrons. The van der Waals surface area contributed by atoms with Crippen LogP contribution in [0.5, 0.6) is 0 Å². The van der Waals surface area contributed by atoms with Gasteiger partial charge >= 0.3 is 16.2 Å². The zero-order valence-electron chi connectivity index (χ0n) is 8.93. The zero-order valence-corrected chi connectivity index (χ0v) is 9.75. The quantitative estimate of drug-likeness (QED) is 0.559. The van der Waals surface area contributed by atoms with Gasteiger partial charge in [0.15, 0.2) is 0 Å². The molecule has 88 valence electrons. The van der Waals surface area contributed by atoms with Gasteiger partial charge in [-0.3, -0.25) is 0 Å². The molecule has 7 nitrogen and oxygen atoms in total. The largest absolute Gasteiger partial charge is 0.430 e. The van der Waals surface area contributed by atoms with E-state index in [1.807, 2.05) is 0 Å². The molecule has 0 unspecified atom stereocenters. The van der Waals surface area contributed by atoms with Gasteiger partial charge in [0.25, 0.3) is 0 Å². The van der Waals surface area contributed by atoms with E-state index in [1.165, 1.54) is 14.1 Å². The number of piperazine rings is 1. The second kappa shape index (κ2) is 4.05. The molecule has 0 aromatic carbocycles. The van der Waals surface area contributed by atoms with Crippen molar-refractivity contribution in [2.45, 2.75) is 0 Å². The highest BCUT2D eigenvalue weighted by molar-refractivity contribution is 7.83. The summed E-state index contributed by atoms with van der Waals surface area (Å²) in [6, 6.07) is -0.815. The third-order valence-corrected chi connectivity index (χ3v) is 4.96. The molecular formula is C7H17N4O3S+. The molecule has 0 atom stereocenters. The van der Waals surface area contributed by atoms with Gasteiger partial charge in [0.1, 0.15) is 13.1 Å². The Bertz CT molecular complexity index is 345. The van der Waals surface area contributed by atoms with Crippen molar-refractivity contribution in [2.75, 3.05) is 40.3 Å². The summed E-state index contributed by atoms with van der Waals surface area (Å²) in [5.41, 5.74) is 5.23. The van der Waals surface area contributed by atoms with Gasteiger partial charge < -0.3 is 11.1 Å². The first-order valence-electron chi connectivity index (χ1n) is 4.65. The van der Waals surface area contributed by atoms with Gasteiger partial charge in [0.05, 0.1) is 0 Å². The molecule has 0 aromatic rings. The molecule has 1 saturated heterocycles. The molecule has 1 rings (SSSR count). The van der Waals surface area contributed by atoms with Crippen molar-refractivity contribution in [3.63, 3.8) is 0 Å². The van der Waals surface area contributed by atoms with Crippen molar-refractivity contribution in [3.8, 4) is 0 Å². The lowest BCUT2D eigenvalue weighted by Gasteiger charge is -2.36. The van der Waals surface area contributed by atoms with E-state index in [0.717, 1.165) is 4.31 Å². The van der Waals surface area contributed by atoms with E-state index in [-0.39, 0.29) is 13.1 Å². The van der Waals surface area contributed by atoms with Crippen LogP contribution in [0.4, 0.5) is 4.79 Å². The van der Waals surface area contributed by atoms with Crippen molar-refractivity contribution >= 4 is 16.2 Å². The molecule has 15 heavy (non-hydrogen) atoms. The molecule has 8 heteroatoms. The van der Waals surface area contributed by atoms with Gasteiger partial charge in [-0.15, -0.1) is 3.89 Å². The number of amides is 2. The average molecular weight is 237 g/mol. The van der Waals surface area contributed by atoms with Gasteiger partial charge in [-0.05, 0) is 0 Å². The summed E-state index contributed by atoms with van der Waals surface area (Å²) in [6.45, 7) is 1.29. The number of primary amides is 1. The molecule has 2 amide bonds. The number of hydrogen-bond donors (Lipinski definition) is 2. The number of carbonyl (C=O) groups is 1. The Balaban J connectivity index is 3.17. The van der Waals surface area contributed by atoms with Crippen LogP contribution < -0.4 is 11.1 Å². The van der Waals surface area contributed by atoms with Crippen LogP contribution >= 0.6 is 0 Å². The molecular weight excluding hydrogens is 220 g/mol. The fourth-order valence-corrected chi connectivity index (χ4v) is 3.13. The summed E-state index contributed by atoms with van der Waals surface area (Å²) in [5.74, 6) is 0. The third-order valence-electron chi connectivity index (χ3n) is 2.60. The van der Waals surface area contributed by atoms with Crippen molar-refractivity contribution in [2.24, 2.45) is 5.73 Å². The van der Waals surface area contributed by atoms with E-state index in [0.29, 0.717) is 13.1 Å². The number of carbonyl (C=O) groups excluding carboxylic acids is 1. The standard InChI is InChI=1S/C7H16N4O3S/c1-10(2)15(13,14)11(7(8)12)5-3-9-4-6-11/h9H,3-6H2,1-2H3,(H-,8,12)/p+1. The summed E-state index contributed by atoms with van der Waals surface area (Å²) >= 11 is 0. The van der Waals surface area contributed by atoms with E-state index in [1.54, 1.807) is 0 Å². The van der Waals surface area contributed by atoms with Crippen molar-refractivity contribution < 1.29 is 17.1 Å². The van der Waals surface area contributed by atoms with Crippen molar-refractivity contribution in [3.05, 3.63) is 0 Å². The van der Waals surface area contributed by atoms with Crippen LogP contribution in [-0.4, -0.2) is 62.9 Å². The number of quaternary nitrogens is 1. The second-order valence-corrected chi connectivity index (χ2v) is 6.01. The molecule has 0 saturated carbocycles. The average Bonchev–Trinajstić information content (AvgIpc) is 2.18. The van der Waals surface area contributed by atoms with Crippen molar-refractivity contribution in [1.29, 1.82) is 0 Å². The smallest absolute Gasteiger partial charge is 0.318 e. The number of rotatable bonds is 2. The highest BCUT2D eigenvalue weighted by Gasteiger charge is 2.50. The minimum absolute atomic E-state index is 0.176. The first-order chi connectivity index (χ1) is 6.84. The predicted molar refractivity (Wildman–Crippen MR) is 55.1 cm³/mol. The molecule has 0 aliphatic carbocycles. The van der Waals surface area contributed by atoms with Gasteiger partial charge in [0, 0.05) is 27.2 Å². The van der Waals surface area contributed by atoms with Crippen molar-refractivity contribution in [1.82, 2.24) is 9.62 Å². The number of nitrogens with two attached hydrogens (primary N) is 1. The minimum Gasteiger partial charge on any atom is -0.318 e. The van der Waals surface area contributed by atoms with Crippen LogP contribution in [0.25, 0.3) is 0 Å². The molecule has 1 aliphatic heterocycles. The zero-order chi connectivity index (χ0) is 11.7. The SMILES string of the molecule is CN(C)S(=O)(=O)[N+]1(C(N)=O)CCNCC1. The Labute approximate surface area is 89.6 Å². The highest BCUT2D eigenvalue weighted by Crippen LogP contribution is 2.18. The third kappa shape index (κ3) is 1.85. The maximum atomic E-state index is 12.0. The number of urea groups is 1. The lowest BCUT2D eigenvalue weighted by molar-refractivity contribution is -0.726. The van der Waals surface area contributed by atoms with Crippen LogP contribution in [0.3, 0.4) is 0 Å². The molecule has 1 aliphatic rings. The lowest BCUT2D eigenvalue weighted by Crippen LogP contribution is -2.68. The number of hydrogen-bond acceptors (Lipinski definition) is 4. The molecule has 1 heterocycles. The molecule has 0 spiro atoms. The highest BCUT2D eigenvalue weighted by atomic mass is 32.2.